The molecule has 2 aromatic carbocycles. The number of hydrogen-bond acceptors (Lipinski definition) is 5. The van der Waals surface area contributed by atoms with Crippen LogP contribution in [0, 0.1) is 21.3 Å². The summed E-state index contributed by atoms with van der Waals surface area (Å²) < 4.78 is 0. The fraction of sp³-hybridized carbons (Fsp3) is 0. The minimum absolute atomic E-state index is 0.473. The number of thiocyanates is 2. The first-order valence-electron chi connectivity index (χ1n) is 6.11. The van der Waals surface area contributed by atoms with Crippen molar-refractivity contribution in [1.29, 1.82) is 10.5 Å². The summed E-state index contributed by atoms with van der Waals surface area (Å²) in [4.78, 5) is 1.77. The third-order valence-electron chi connectivity index (χ3n) is 2.55. The van der Waals surface area contributed by atoms with Crippen molar-refractivity contribution >= 4 is 52.2 Å². The van der Waals surface area contributed by atoms with Gasteiger partial charge in [0.25, 0.3) is 0 Å². The molecule has 0 saturated carbocycles. The SMILES string of the molecule is N#CSc1ccc(NC(=S)Nc2ccc(SC#N)cc2)cc1. The van der Waals surface area contributed by atoms with Crippen LogP contribution in [-0.2, 0) is 0 Å². The minimum Gasteiger partial charge on any atom is -0.332 e. The largest absolute Gasteiger partial charge is 0.332 e. The molecule has 0 radical (unpaired) electrons. The Hall–Kier alpha value is -2.19. The van der Waals surface area contributed by atoms with Crippen molar-refractivity contribution in [2.45, 2.75) is 9.79 Å². The lowest BCUT2D eigenvalue weighted by atomic mass is 10.3. The third kappa shape index (κ3) is 4.97. The number of thiocarbonyl (C=S) groups is 1. The van der Waals surface area contributed by atoms with Crippen LogP contribution in [0.5, 0.6) is 0 Å². The Kier molecular flexibility index (Phi) is 6.11. The molecule has 4 nitrogen and oxygen atoms in total. The Morgan fingerprint density at radius 2 is 1.14 bits per heavy atom. The fourth-order valence-electron chi connectivity index (χ4n) is 1.61. The van der Waals surface area contributed by atoms with Crippen LogP contribution < -0.4 is 10.6 Å². The number of nitrogens with one attached hydrogen (secondary N) is 2. The van der Waals surface area contributed by atoms with Gasteiger partial charge in [-0.25, -0.2) is 0 Å². The molecule has 0 amide bonds. The monoisotopic (exact) mass is 342 g/mol. The Balaban J connectivity index is 1.92. The number of anilines is 2. The van der Waals surface area contributed by atoms with E-state index >= 15 is 0 Å². The highest BCUT2D eigenvalue weighted by Crippen LogP contribution is 2.20. The summed E-state index contributed by atoms with van der Waals surface area (Å²) in [5, 5.41) is 27.9. The molecule has 0 fully saturated rings. The second kappa shape index (κ2) is 8.30. The van der Waals surface area contributed by atoms with Gasteiger partial charge in [-0.2, -0.15) is 10.5 Å². The molecule has 2 rings (SSSR count). The van der Waals surface area contributed by atoms with E-state index in [-0.39, 0.29) is 0 Å². The quantitative estimate of drug-likeness (QED) is 0.476. The number of hydrogen-bond donors (Lipinski definition) is 2. The van der Waals surface area contributed by atoms with Crippen LogP contribution in [0.4, 0.5) is 11.4 Å². The van der Waals surface area contributed by atoms with E-state index in [9.17, 15) is 0 Å². The molecule has 22 heavy (non-hydrogen) atoms. The maximum Gasteiger partial charge on any atom is 0.175 e. The summed E-state index contributed by atoms with van der Waals surface area (Å²) >= 11 is 7.48. The second-order valence-corrected chi connectivity index (χ2v) is 6.14. The van der Waals surface area contributed by atoms with Crippen molar-refractivity contribution in [3.8, 4) is 10.8 Å². The van der Waals surface area contributed by atoms with Crippen molar-refractivity contribution < 1.29 is 0 Å². The molecular formula is C15H10N4S3. The highest BCUT2D eigenvalue weighted by atomic mass is 32.2. The number of benzene rings is 2. The van der Waals surface area contributed by atoms with E-state index in [0.717, 1.165) is 44.7 Å². The van der Waals surface area contributed by atoms with E-state index in [2.05, 4.69) is 10.6 Å². The molecule has 7 heteroatoms. The number of nitriles is 2. The molecule has 0 aromatic heterocycles. The number of rotatable bonds is 4. The molecule has 0 spiro atoms. The molecule has 0 aliphatic carbocycles. The van der Waals surface area contributed by atoms with E-state index in [1.54, 1.807) is 0 Å². The third-order valence-corrected chi connectivity index (χ3v) is 3.95. The van der Waals surface area contributed by atoms with Crippen LogP contribution >= 0.6 is 35.7 Å². The van der Waals surface area contributed by atoms with Gasteiger partial charge in [-0.15, -0.1) is 0 Å². The average molecular weight is 342 g/mol. The summed E-state index contributed by atoms with van der Waals surface area (Å²) in [6.07, 6.45) is 0. The van der Waals surface area contributed by atoms with Crippen molar-refractivity contribution in [1.82, 2.24) is 0 Å². The summed E-state index contributed by atoms with van der Waals surface area (Å²) in [5.41, 5.74) is 1.69. The van der Waals surface area contributed by atoms with Crippen molar-refractivity contribution in [2.24, 2.45) is 0 Å². The highest BCUT2D eigenvalue weighted by molar-refractivity contribution is 8.04. The molecule has 0 unspecified atom stereocenters. The van der Waals surface area contributed by atoms with Crippen molar-refractivity contribution in [2.75, 3.05) is 10.6 Å². The van der Waals surface area contributed by atoms with E-state index in [0.29, 0.717) is 5.11 Å². The lowest BCUT2D eigenvalue weighted by Crippen LogP contribution is -2.18. The topological polar surface area (TPSA) is 71.6 Å². The van der Waals surface area contributed by atoms with Gasteiger partial charge in [0.2, 0.25) is 0 Å². The summed E-state index contributed by atoms with van der Waals surface area (Å²) in [7, 11) is 0. The van der Waals surface area contributed by atoms with Gasteiger partial charge in [0, 0.05) is 21.2 Å². The Labute approximate surface area is 142 Å². The Morgan fingerprint density at radius 3 is 1.45 bits per heavy atom. The zero-order chi connectivity index (χ0) is 15.8. The smallest absolute Gasteiger partial charge is 0.175 e. The molecule has 0 bridgehead atoms. The summed E-state index contributed by atoms with van der Waals surface area (Å²) in [5.74, 6) is 0. The summed E-state index contributed by atoms with van der Waals surface area (Å²) in [6.45, 7) is 0. The van der Waals surface area contributed by atoms with Crippen LogP contribution in [0.1, 0.15) is 0 Å². The van der Waals surface area contributed by atoms with E-state index in [1.807, 2.05) is 59.3 Å². The predicted molar refractivity (Wildman–Crippen MR) is 95.7 cm³/mol. The van der Waals surface area contributed by atoms with E-state index in [4.69, 9.17) is 22.7 Å². The van der Waals surface area contributed by atoms with Crippen LogP contribution in [0.3, 0.4) is 0 Å². The van der Waals surface area contributed by atoms with Gasteiger partial charge in [-0.3, -0.25) is 0 Å². The first kappa shape index (κ1) is 16.2. The van der Waals surface area contributed by atoms with Gasteiger partial charge < -0.3 is 10.6 Å². The van der Waals surface area contributed by atoms with Crippen molar-refractivity contribution in [3.63, 3.8) is 0 Å². The first-order chi connectivity index (χ1) is 10.7. The standard InChI is InChI=1S/C15H10N4S3/c16-9-21-13-5-1-11(2-6-13)18-15(20)19-12-3-7-14(8-4-12)22-10-17/h1-8H,(H2,18,19,20). The molecule has 0 atom stereocenters. The first-order valence-corrected chi connectivity index (χ1v) is 8.15. The van der Waals surface area contributed by atoms with Gasteiger partial charge in [0.1, 0.15) is 10.8 Å². The number of nitrogens with zero attached hydrogens (tertiary/aromatic N) is 2. The molecule has 0 aliphatic rings. The second-order valence-electron chi connectivity index (χ2n) is 4.01. The maximum absolute atomic E-state index is 8.60. The van der Waals surface area contributed by atoms with Gasteiger partial charge in [0.15, 0.2) is 5.11 Å². The number of thioether (sulfide) groups is 2. The van der Waals surface area contributed by atoms with Crippen LogP contribution in [0.15, 0.2) is 58.3 Å². The summed E-state index contributed by atoms with van der Waals surface area (Å²) in [6, 6.07) is 14.9. The molecule has 0 aliphatic heterocycles. The van der Waals surface area contributed by atoms with Gasteiger partial charge in [-0.1, -0.05) is 0 Å². The molecule has 2 N–H and O–H groups in total. The molecule has 108 valence electrons. The zero-order valence-corrected chi connectivity index (χ0v) is 13.7. The van der Waals surface area contributed by atoms with Crippen LogP contribution in [-0.4, -0.2) is 5.11 Å². The van der Waals surface area contributed by atoms with Crippen LogP contribution in [0.25, 0.3) is 0 Å². The molecule has 0 saturated heterocycles. The maximum atomic E-state index is 8.60. The highest BCUT2D eigenvalue weighted by Gasteiger charge is 2.00. The van der Waals surface area contributed by atoms with E-state index < -0.39 is 0 Å². The molecule has 0 heterocycles. The van der Waals surface area contributed by atoms with Crippen LogP contribution in [0.2, 0.25) is 0 Å². The van der Waals surface area contributed by atoms with Gasteiger partial charge in [-0.05, 0) is 84.3 Å². The molecular weight excluding hydrogens is 332 g/mol. The minimum atomic E-state index is 0.473. The molecule has 2 aromatic rings. The zero-order valence-electron chi connectivity index (χ0n) is 11.2. The lowest BCUT2D eigenvalue weighted by Gasteiger charge is -2.11. The van der Waals surface area contributed by atoms with E-state index in [1.165, 1.54) is 0 Å². The Morgan fingerprint density at radius 1 is 0.773 bits per heavy atom. The average Bonchev–Trinajstić information content (AvgIpc) is 2.52. The van der Waals surface area contributed by atoms with Gasteiger partial charge >= 0.3 is 0 Å². The normalized spacial score (nSPS) is 9.36. The predicted octanol–water partition coefficient (Wildman–Crippen LogP) is 4.64. The lowest BCUT2D eigenvalue weighted by molar-refractivity contribution is 1.45. The fourth-order valence-corrected chi connectivity index (χ4v) is 2.60. The van der Waals surface area contributed by atoms with Gasteiger partial charge in [0.05, 0.1) is 0 Å². The van der Waals surface area contributed by atoms with Crippen molar-refractivity contribution in [3.05, 3.63) is 48.5 Å². The Bertz CT molecular complexity index is 664.